The van der Waals surface area contributed by atoms with Gasteiger partial charge >= 0.3 is 0 Å². The monoisotopic (exact) mass is 368 g/mol. The maximum atomic E-state index is 13.4. The number of aromatic nitrogens is 4. The fourth-order valence-electron chi connectivity index (χ4n) is 3.40. The summed E-state index contributed by atoms with van der Waals surface area (Å²) < 4.78 is 15.1. The number of fused-ring (bicyclic) bond motifs is 1. The summed E-state index contributed by atoms with van der Waals surface area (Å²) in [5.41, 5.74) is 1.38. The predicted molar refractivity (Wildman–Crippen MR) is 99.3 cm³/mol. The molecule has 0 aliphatic carbocycles. The second-order valence-corrected chi connectivity index (χ2v) is 6.62. The Kier molecular flexibility index (Phi) is 4.70. The van der Waals surface area contributed by atoms with Gasteiger partial charge in [0.15, 0.2) is 0 Å². The fraction of sp³-hybridized carbons (Fsp3) is 0.368. The number of carbonyl (C=O) groups is 1. The van der Waals surface area contributed by atoms with E-state index < -0.39 is 5.82 Å². The highest BCUT2D eigenvalue weighted by Gasteiger charge is 2.24. The minimum atomic E-state index is -0.395. The number of aryl methyl sites for hydroxylation is 1. The third kappa shape index (κ3) is 3.47. The van der Waals surface area contributed by atoms with Crippen LogP contribution in [0.5, 0.6) is 0 Å². The van der Waals surface area contributed by atoms with E-state index in [0.717, 1.165) is 24.4 Å². The predicted octanol–water partition coefficient (Wildman–Crippen LogP) is 2.18. The molecule has 1 saturated heterocycles. The van der Waals surface area contributed by atoms with Crippen molar-refractivity contribution >= 4 is 17.5 Å². The number of halogens is 1. The Morgan fingerprint density at radius 1 is 1.19 bits per heavy atom. The van der Waals surface area contributed by atoms with Crippen molar-refractivity contribution < 1.29 is 9.18 Å². The first-order chi connectivity index (χ1) is 13.2. The van der Waals surface area contributed by atoms with Crippen molar-refractivity contribution in [1.82, 2.24) is 24.5 Å². The van der Waals surface area contributed by atoms with E-state index in [0.29, 0.717) is 37.5 Å². The van der Waals surface area contributed by atoms with Crippen molar-refractivity contribution in [2.45, 2.75) is 19.8 Å². The molecule has 3 aromatic rings. The smallest absolute Gasteiger partial charge is 0.254 e. The number of hydrogen-bond acceptors (Lipinski definition) is 5. The molecule has 8 heteroatoms. The Morgan fingerprint density at radius 3 is 2.74 bits per heavy atom. The molecular weight excluding hydrogens is 347 g/mol. The third-order valence-electron chi connectivity index (χ3n) is 4.75. The summed E-state index contributed by atoms with van der Waals surface area (Å²) in [6.07, 6.45) is 3.40. The molecule has 1 fully saturated rings. The fourth-order valence-corrected chi connectivity index (χ4v) is 3.40. The molecule has 4 rings (SSSR count). The van der Waals surface area contributed by atoms with Gasteiger partial charge in [-0.15, -0.1) is 0 Å². The number of rotatable bonds is 4. The summed E-state index contributed by atoms with van der Waals surface area (Å²) >= 11 is 0. The average molecular weight is 368 g/mol. The number of benzene rings is 1. The minimum absolute atomic E-state index is 0.138. The second-order valence-electron chi connectivity index (χ2n) is 6.62. The maximum absolute atomic E-state index is 13.4. The van der Waals surface area contributed by atoms with Crippen LogP contribution in [0.25, 0.3) is 5.78 Å². The van der Waals surface area contributed by atoms with Crippen molar-refractivity contribution in [2.24, 2.45) is 0 Å². The lowest BCUT2D eigenvalue weighted by Crippen LogP contribution is -2.49. The SMILES string of the molecule is CCCc1cc(N2CCN(C(=O)c3cccc(F)c3)CC2)n2ncnc2n1. The van der Waals surface area contributed by atoms with E-state index in [1.54, 1.807) is 21.5 Å². The van der Waals surface area contributed by atoms with Gasteiger partial charge in [0, 0.05) is 43.5 Å². The Morgan fingerprint density at radius 2 is 2.00 bits per heavy atom. The molecule has 1 amide bonds. The van der Waals surface area contributed by atoms with Gasteiger partial charge in [-0.25, -0.2) is 9.37 Å². The lowest BCUT2D eigenvalue weighted by Gasteiger charge is -2.36. The van der Waals surface area contributed by atoms with Crippen LogP contribution in [0.15, 0.2) is 36.7 Å². The molecule has 0 saturated carbocycles. The van der Waals surface area contributed by atoms with Crippen LogP contribution < -0.4 is 4.90 Å². The molecule has 27 heavy (non-hydrogen) atoms. The van der Waals surface area contributed by atoms with Gasteiger partial charge in [0.2, 0.25) is 0 Å². The molecule has 7 nitrogen and oxygen atoms in total. The van der Waals surface area contributed by atoms with E-state index in [2.05, 4.69) is 33.0 Å². The van der Waals surface area contributed by atoms with E-state index in [-0.39, 0.29) is 5.91 Å². The normalized spacial score (nSPS) is 14.7. The second kappa shape index (κ2) is 7.30. The summed E-state index contributed by atoms with van der Waals surface area (Å²) in [6, 6.07) is 7.89. The van der Waals surface area contributed by atoms with Crippen molar-refractivity contribution in [3.8, 4) is 0 Å². The molecule has 1 aliphatic rings. The molecular formula is C19H21FN6O. The quantitative estimate of drug-likeness (QED) is 0.706. The molecule has 2 aromatic heterocycles. The van der Waals surface area contributed by atoms with Crippen LogP contribution in [-0.4, -0.2) is 56.6 Å². The van der Waals surface area contributed by atoms with E-state index in [1.807, 2.05) is 0 Å². The van der Waals surface area contributed by atoms with Crippen molar-refractivity contribution in [3.05, 3.63) is 53.7 Å². The lowest BCUT2D eigenvalue weighted by molar-refractivity contribution is 0.0746. The van der Waals surface area contributed by atoms with Crippen LogP contribution in [0.4, 0.5) is 10.2 Å². The van der Waals surface area contributed by atoms with E-state index in [1.165, 1.54) is 18.5 Å². The van der Waals surface area contributed by atoms with Crippen molar-refractivity contribution in [2.75, 3.05) is 31.1 Å². The van der Waals surface area contributed by atoms with Gasteiger partial charge in [-0.3, -0.25) is 4.79 Å². The molecule has 1 aromatic carbocycles. The topological polar surface area (TPSA) is 66.6 Å². The van der Waals surface area contributed by atoms with E-state index >= 15 is 0 Å². The summed E-state index contributed by atoms with van der Waals surface area (Å²) in [6.45, 7) is 4.59. The molecule has 1 aliphatic heterocycles. The Balaban J connectivity index is 1.52. The van der Waals surface area contributed by atoms with Crippen LogP contribution in [0.1, 0.15) is 29.4 Å². The first kappa shape index (κ1) is 17.4. The Bertz CT molecular complexity index is 964. The Labute approximate surface area is 156 Å². The van der Waals surface area contributed by atoms with E-state index in [4.69, 9.17) is 0 Å². The first-order valence-electron chi connectivity index (χ1n) is 9.15. The van der Waals surface area contributed by atoms with E-state index in [9.17, 15) is 9.18 Å². The van der Waals surface area contributed by atoms with Gasteiger partial charge in [0.1, 0.15) is 18.0 Å². The number of piperazine rings is 1. The van der Waals surface area contributed by atoms with Crippen LogP contribution in [0, 0.1) is 5.82 Å². The summed E-state index contributed by atoms with van der Waals surface area (Å²) in [5.74, 6) is 1.00. The number of hydrogen-bond donors (Lipinski definition) is 0. The molecule has 0 unspecified atom stereocenters. The highest BCUT2D eigenvalue weighted by atomic mass is 19.1. The number of amides is 1. The largest absolute Gasteiger partial charge is 0.353 e. The van der Waals surface area contributed by atoms with Crippen molar-refractivity contribution in [3.63, 3.8) is 0 Å². The van der Waals surface area contributed by atoms with Gasteiger partial charge in [0.05, 0.1) is 0 Å². The third-order valence-corrected chi connectivity index (χ3v) is 4.75. The number of anilines is 1. The lowest BCUT2D eigenvalue weighted by atomic mass is 10.1. The highest BCUT2D eigenvalue weighted by Crippen LogP contribution is 2.20. The maximum Gasteiger partial charge on any atom is 0.254 e. The minimum Gasteiger partial charge on any atom is -0.353 e. The first-order valence-corrected chi connectivity index (χ1v) is 9.15. The van der Waals surface area contributed by atoms with Gasteiger partial charge in [0.25, 0.3) is 11.7 Å². The Hall–Kier alpha value is -3.03. The zero-order chi connectivity index (χ0) is 18.8. The molecule has 0 radical (unpaired) electrons. The zero-order valence-corrected chi connectivity index (χ0v) is 15.2. The van der Waals surface area contributed by atoms with Crippen molar-refractivity contribution in [1.29, 1.82) is 0 Å². The molecule has 3 heterocycles. The average Bonchev–Trinajstić information content (AvgIpc) is 3.16. The molecule has 0 atom stereocenters. The van der Waals surface area contributed by atoms with Gasteiger partial charge in [-0.05, 0) is 24.6 Å². The summed E-state index contributed by atoms with van der Waals surface area (Å²) in [5, 5.41) is 4.29. The van der Waals surface area contributed by atoms with Crippen LogP contribution in [0.3, 0.4) is 0 Å². The molecule has 0 N–H and O–H groups in total. The molecule has 0 spiro atoms. The highest BCUT2D eigenvalue weighted by molar-refractivity contribution is 5.94. The standard InChI is InChI=1S/C19H21FN6O/c1-2-4-16-12-17(26-19(23-16)21-13-22-26)24-7-9-25(10-8-24)18(27)14-5-3-6-15(20)11-14/h3,5-6,11-13H,2,4,7-10H2,1H3. The number of carbonyl (C=O) groups excluding carboxylic acids is 1. The summed E-state index contributed by atoms with van der Waals surface area (Å²) in [7, 11) is 0. The van der Waals surface area contributed by atoms with Gasteiger partial charge in [-0.2, -0.15) is 14.6 Å². The van der Waals surface area contributed by atoms with Gasteiger partial charge in [-0.1, -0.05) is 19.4 Å². The zero-order valence-electron chi connectivity index (χ0n) is 15.2. The number of nitrogens with zero attached hydrogens (tertiary/aromatic N) is 6. The van der Waals surface area contributed by atoms with Gasteiger partial charge < -0.3 is 9.80 Å². The molecule has 140 valence electrons. The summed E-state index contributed by atoms with van der Waals surface area (Å²) in [4.78, 5) is 25.3. The van der Waals surface area contributed by atoms with Crippen LogP contribution in [-0.2, 0) is 6.42 Å². The van der Waals surface area contributed by atoms with Crippen LogP contribution >= 0.6 is 0 Å². The molecule has 0 bridgehead atoms. The van der Waals surface area contributed by atoms with Crippen LogP contribution in [0.2, 0.25) is 0 Å².